The lowest BCUT2D eigenvalue weighted by atomic mass is 9.82. The van der Waals surface area contributed by atoms with Crippen LogP contribution in [0.5, 0.6) is 0 Å². The van der Waals surface area contributed by atoms with Gasteiger partial charge in [0.05, 0.1) is 12.5 Å². The van der Waals surface area contributed by atoms with Crippen molar-refractivity contribution in [2.45, 2.75) is 18.4 Å². The molecule has 0 aromatic carbocycles. The van der Waals surface area contributed by atoms with E-state index in [0.29, 0.717) is 38.2 Å². The molecule has 2 aliphatic heterocycles. The Kier molecular flexibility index (Phi) is 4.21. The van der Waals surface area contributed by atoms with Crippen LogP contribution in [0, 0.1) is 0 Å². The second-order valence-corrected chi connectivity index (χ2v) is 6.25. The summed E-state index contributed by atoms with van der Waals surface area (Å²) in [5, 5.41) is 0. The van der Waals surface area contributed by atoms with E-state index in [0.717, 1.165) is 13.1 Å². The highest BCUT2D eigenvalue weighted by Crippen LogP contribution is 2.33. The summed E-state index contributed by atoms with van der Waals surface area (Å²) >= 11 is 0. The van der Waals surface area contributed by atoms with Gasteiger partial charge in [0.25, 0.3) is 5.91 Å². The third-order valence-corrected chi connectivity index (χ3v) is 5.08. The third-order valence-electron chi connectivity index (χ3n) is 5.08. The van der Waals surface area contributed by atoms with E-state index < -0.39 is 5.54 Å². The van der Waals surface area contributed by atoms with Gasteiger partial charge in [0.2, 0.25) is 5.91 Å². The van der Waals surface area contributed by atoms with E-state index in [-0.39, 0.29) is 11.8 Å². The van der Waals surface area contributed by atoms with Crippen molar-refractivity contribution in [1.82, 2.24) is 24.7 Å². The average Bonchev–Trinajstić information content (AvgIpc) is 3.10. The number of hydrogen-bond donors (Lipinski definition) is 1. The number of rotatable bonds is 3. The molecule has 0 radical (unpaired) electrons. The first-order valence-corrected chi connectivity index (χ1v) is 7.97. The second-order valence-electron chi connectivity index (χ2n) is 6.25. The number of likely N-dealkylation sites (tertiary alicyclic amines) is 1. The van der Waals surface area contributed by atoms with Gasteiger partial charge in [-0.2, -0.15) is 0 Å². The minimum atomic E-state index is -0.480. The molecule has 3 heterocycles. The van der Waals surface area contributed by atoms with Gasteiger partial charge in [0.15, 0.2) is 0 Å². The Bertz CT molecular complexity index is 590. The molecule has 0 bridgehead atoms. The zero-order chi connectivity index (χ0) is 16.4. The van der Waals surface area contributed by atoms with Crippen molar-refractivity contribution in [3.63, 3.8) is 0 Å². The summed E-state index contributed by atoms with van der Waals surface area (Å²) in [4.78, 5) is 37.9. The predicted molar refractivity (Wildman–Crippen MR) is 85.9 cm³/mol. The lowest BCUT2D eigenvalue weighted by Gasteiger charge is -2.51. The second kappa shape index (κ2) is 6.16. The third kappa shape index (κ3) is 2.65. The number of piperidine rings is 1. The van der Waals surface area contributed by atoms with Crippen molar-refractivity contribution < 1.29 is 9.59 Å². The van der Waals surface area contributed by atoms with Gasteiger partial charge in [0, 0.05) is 32.7 Å². The molecule has 3 rings (SSSR count). The molecule has 2 amide bonds. The van der Waals surface area contributed by atoms with Gasteiger partial charge in [-0.15, -0.1) is 6.58 Å². The van der Waals surface area contributed by atoms with Crippen molar-refractivity contribution in [3.05, 3.63) is 30.9 Å². The number of nitrogens with one attached hydrogen (secondary N) is 1. The molecule has 1 aromatic heterocycles. The molecule has 0 unspecified atom stereocenters. The zero-order valence-electron chi connectivity index (χ0n) is 13.5. The van der Waals surface area contributed by atoms with Gasteiger partial charge in [0.1, 0.15) is 11.2 Å². The molecule has 7 heteroatoms. The van der Waals surface area contributed by atoms with E-state index in [9.17, 15) is 9.59 Å². The average molecular weight is 317 g/mol. The summed E-state index contributed by atoms with van der Waals surface area (Å²) in [5.41, 5.74) is 0.0176. The maximum absolute atomic E-state index is 12.9. The fraction of sp³-hybridized carbons (Fsp3) is 0.562. The van der Waals surface area contributed by atoms with Gasteiger partial charge >= 0.3 is 0 Å². The van der Waals surface area contributed by atoms with Crippen LogP contribution < -0.4 is 0 Å². The van der Waals surface area contributed by atoms with Crippen LogP contribution in [0.15, 0.2) is 25.2 Å². The quantitative estimate of drug-likeness (QED) is 0.816. The Morgan fingerprint density at radius 3 is 2.74 bits per heavy atom. The number of aromatic nitrogens is 2. The molecule has 0 saturated carbocycles. The molecule has 2 aliphatic rings. The largest absolute Gasteiger partial charge is 0.341 e. The highest BCUT2D eigenvalue weighted by atomic mass is 16.2. The Morgan fingerprint density at radius 2 is 2.13 bits per heavy atom. The van der Waals surface area contributed by atoms with Crippen molar-refractivity contribution >= 4 is 11.8 Å². The maximum Gasteiger partial charge on any atom is 0.271 e. The number of hydrogen-bond acceptors (Lipinski definition) is 4. The molecule has 23 heavy (non-hydrogen) atoms. The zero-order valence-corrected chi connectivity index (χ0v) is 13.5. The molecule has 0 aliphatic carbocycles. The summed E-state index contributed by atoms with van der Waals surface area (Å²) in [6.07, 6.45) is 6.14. The molecule has 7 nitrogen and oxygen atoms in total. The summed E-state index contributed by atoms with van der Waals surface area (Å²) < 4.78 is 0. The van der Waals surface area contributed by atoms with Crippen LogP contribution >= 0.6 is 0 Å². The molecule has 1 N–H and O–H groups in total. The van der Waals surface area contributed by atoms with E-state index >= 15 is 0 Å². The van der Waals surface area contributed by atoms with Crippen LogP contribution in [0.1, 0.15) is 23.3 Å². The monoisotopic (exact) mass is 317 g/mol. The van der Waals surface area contributed by atoms with Crippen molar-refractivity contribution in [2.24, 2.45) is 0 Å². The van der Waals surface area contributed by atoms with Crippen molar-refractivity contribution in [1.29, 1.82) is 0 Å². The Hall–Kier alpha value is -2.15. The van der Waals surface area contributed by atoms with Crippen molar-refractivity contribution in [3.8, 4) is 0 Å². The van der Waals surface area contributed by atoms with E-state index in [2.05, 4.69) is 21.4 Å². The first-order chi connectivity index (χ1) is 11.1. The van der Waals surface area contributed by atoms with E-state index in [4.69, 9.17) is 0 Å². The Balaban J connectivity index is 1.72. The van der Waals surface area contributed by atoms with Crippen molar-refractivity contribution in [2.75, 3.05) is 39.8 Å². The van der Waals surface area contributed by atoms with Gasteiger partial charge in [-0.05, 0) is 19.9 Å². The number of nitrogens with zero attached hydrogens (tertiary/aromatic N) is 4. The van der Waals surface area contributed by atoms with Crippen LogP contribution in [0.3, 0.4) is 0 Å². The Labute approximate surface area is 136 Å². The first-order valence-electron chi connectivity index (χ1n) is 7.97. The van der Waals surface area contributed by atoms with Gasteiger partial charge in [-0.3, -0.25) is 14.5 Å². The lowest BCUT2D eigenvalue weighted by Crippen LogP contribution is -2.67. The maximum atomic E-state index is 12.9. The number of carbonyl (C=O) groups excluding carboxylic acids is 2. The van der Waals surface area contributed by atoms with Crippen LogP contribution in [-0.4, -0.2) is 81.8 Å². The van der Waals surface area contributed by atoms with Crippen LogP contribution in [-0.2, 0) is 4.79 Å². The number of carbonyl (C=O) groups is 2. The molecule has 1 aromatic rings. The minimum Gasteiger partial charge on any atom is -0.341 e. The standard InChI is InChI=1S/C16H23N5O2/c1-3-6-21-10-9-19(2)16(15(21)23)4-7-20(8-5-16)14(22)13-11-17-12-18-13/h3,11-12H,1,4-10H2,2H3,(H,17,18). The lowest BCUT2D eigenvalue weighted by molar-refractivity contribution is -0.153. The molecule has 2 fully saturated rings. The van der Waals surface area contributed by atoms with Gasteiger partial charge in [-0.25, -0.2) is 4.98 Å². The van der Waals surface area contributed by atoms with Crippen LogP contribution in [0.25, 0.3) is 0 Å². The fourth-order valence-corrected chi connectivity index (χ4v) is 3.59. The summed E-state index contributed by atoms with van der Waals surface area (Å²) in [7, 11) is 2.01. The molecular weight excluding hydrogens is 294 g/mol. The topological polar surface area (TPSA) is 72.5 Å². The molecule has 2 saturated heterocycles. The number of piperazine rings is 1. The van der Waals surface area contributed by atoms with Gasteiger partial charge in [-0.1, -0.05) is 6.08 Å². The number of H-pyrrole nitrogens is 1. The SMILES string of the molecule is C=CCN1CCN(C)C2(CCN(C(=O)c3cnc[nH]3)CC2)C1=O. The fourth-order valence-electron chi connectivity index (χ4n) is 3.59. The first kappa shape index (κ1) is 15.7. The summed E-state index contributed by atoms with van der Waals surface area (Å²) in [5.74, 6) is 0.117. The highest BCUT2D eigenvalue weighted by molar-refractivity contribution is 5.93. The normalized spacial score (nSPS) is 21.7. The van der Waals surface area contributed by atoms with Crippen LogP contribution in [0.4, 0.5) is 0 Å². The number of aromatic amines is 1. The minimum absolute atomic E-state index is 0.0498. The smallest absolute Gasteiger partial charge is 0.271 e. The Morgan fingerprint density at radius 1 is 1.39 bits per heavy atom. The molecule has 124 valence electrons. The summed E-state index contributed by atoms with van der Waals surface area (Å²) in [6, 6.07) is 0. The summed E-state index contributed by atoms with van der Waals surface area (Å²) in [6.45, 7) is 7.07. The van der Waals surface area contributed by atoms with E-state index in [1.54, 1.807) is 11.0 Å². The molecule has 0 atom stereocenters. The predicted octanol–water partition coefficient (Wildman–Crippen LogP) is 0.344. The van der Waals surface area contributed by atoms with E-state index in [1.165, 1.54) is 12.5 Å². The number of amides is 2. The van der Waals surface area contributed by atoms with Crippen LogP contribution in [0.2, 0.25) is 0 Å². The molecular formula is C16H23N5O2. The van der Waals surface area contributed by atoms with E-state index in [1.807, 2.05) is 11.9 Å². The number of imidazole rings is 1. The number of likely N-dealkylation sites (N-methyl/N-ethyl adjacent to an activating group) is 1. The van der Waals surface area contributed by atoms with Gasteiger partial charge < -0.3 is 14.8 Å². The molecule has 1 spiro atoms. The highest BCUT2D eigenvalue weighted by Gasteiger charge is 2.49.